The molecule has 0 spiro atoms. The van der Waals surface area contributed by atoms with E-state index in [0.29, 0.717) is 6.42 Å². The highest BCUT2D eigenvalue weighted by Gasteiger charge is 2.54. The quantitative estimate of drug-likeness (QED) is 0.305. The summed E-state index contributed by atoms with van der Waals surface area (Å²) in [5.41, 5.74) is -1.39. The van der Waals surface area contributed by atoms with Crippen molar-refractivity contribution in [3.63, 3.8) is 0 Å². The van der Waals surface area contributed by atoms with Crippen molar-refractivity contribution in [2.24, 2.45) is 11.8 Å². The van der Waals surface area contributed by atoms with Gasteiger partial charge in [-0.25, -0.2) is 4.79 Å². The van der Waals surface area contributed by atoms with E-state index >= 15 is 0 Å². The molecule has 19 heavy (non-hydrogen) atoms. The van der Waals surface area contributed by atoms with E-state index in [0.717, 1.165) is 6.42 Å². The lowest BCUT2D eigenvalue weighted by Crippen LogP contribution is -2.50. The Hall–Kier alpha value is -0.770. The Labute approximate surface area is 115 Å². The summed E-state index contributed by atoms with van der Waals surface area (Å²) in [6, 6.07) is 0. The van der Waals surface area contributed by atoms with Gasteiger partial charge in [0.2, 0.25) is 5.60 Å². The first-order valence-corrected chi connectivity index (χ1v) is 7.55. The third kappa shape index (κ3) is 5.01. The smallest absolute Gasteiger partial charge is 0.463 e. The van der Waals surface area contributed by atoms with Crippen LogP contribution in [0, 0.1) is 11.8 Å². The molecule has 0 aromatic rings. The molecule has 110 valence electrons. The molecule has 0 amide bonds. The van der Waals surface area contributed by atoms with E-state index in [1.807, 2.05) is 0 Å². The number of rotatable bonds is 9. The molecular formula is C13H24O5P+. The van der Waals surface area contributed by atoms with E-state index < -0.39 is 19.8 Å². The van der Waals surface area contributed by atoms with Gasteiger partial charge in [0.1, 0.15) is 0 Å². The van der Waals surface area contributed by atoms with Crippen LogP contribution in [0.4, 0.5) is 0 Å². The van der Waals surface area contributed by atoms with Crippen LogP contribution >= 0.6 is 8.25 Å². The first-order chi connectivity index (χ1) is 8.78. The van der Waals surface area contributed by atoms with Crippen LogP contribution < -0.4 is 0 Å². The van der Waals surface area contributed by atoms with E-state index in [-0.39, 0.29) is 18.4 Å². The molecule has 0 aliphatic rings. The normalized spacial score (nSPS) is 12.7. The Bertz CT molecular complexity index is 317. The summed E-state index contributed by atoms with van der Waals surface area (Å²) in [4.78, 5) is 21.2. The Morgan fingerprint density at radius 1 is 1.37 bits per heavy atom. The number of esters is 1. The van der Waals surface area contributed by atoms with Crippen LogP contribution in [0.1, 0.15) is 40.5 Å². The summed E-state index contributed by atoms with van der Waals surface area (Å²) < 4.78 is 21.2. The zero-order valence-electron chi connectivity index (χ0n) is 12.1. The Morgan fingerprint density at radius 2 is 1.89 bits per heavy atom. The standard InChI is InChI=1S/C13H23O5P/c1-6-7-8-9-17-12(14)13(10(2)3,11(4)5)18-19(15)16/h6,10-11H,1,7-9H2,2-5H3/p+1. The molecule has 0 rings (SSSR count). The molecule has 0 aliphatic heterocycles. The molecule has 1 N–H and O–H groups in total. The number of carbonyl (C=O) groups is 1. The lowest BCUT2D eigenvalue weighted by molar-refractivity contribution is -0.172. The fraction of sp³-hybridized carbons (Fsp3) is 0.769. The van der Waals surface area contributed by atoms with E-state index in [9.17, 15) is 9.36 Å². The average Bonchev–Trinajstić information content (AvgIpc) is 2.30. The maximum absolute atomic E-state index is 12.2. The van der Waals surface area contributed by atoms with Crippen molar-refractivity contribution < 1.29 is 23.5 Å². The maximum atomic E-state index is 12.2. The topological polar surface area (TPSA) is 72.8 Å². The van der Waals surface area contributed by atoms with Crippen molar-refractivity contribution in [1.29, 1.82) is 0 Å². The van der Waals surface area contributed by atoms with E-state index in [1.165, 1.54) is 0 Å². The summed E-state index contributed by atoms with van der Waals surface area (Å²) in [7, 11) is -2.87. The molecular weight excluding hydrogens is 267 g/mol. The predicted molar refractivity (Wildman–Crippen MR) is 73.7 cm³/mol. The van der Waals surface area contributed by atoms with Crippen LogP contribution in [0.2, 0.25) is 0 Å². The third-order valence-electron chi connectivity index (χ3n) is 3.05. The molecule has 0 bridgehead atoms. The highest BCUT2D eigenvalue weighted by molar-refractivity contribution is 7.32. The summed E-state index contributed by atoms with van der Waals surface area (Å²) in [5.74, 6) is -1.13. The third-order valence-corrected chi connectivity index (χ3v) is 3.51. The minimum absolute atomic E-state index is 0.248. The number of carbonyl (C=O) groups excluding carboxylic acids is 1. The second-order valence-corrected chi connectivity index (χ2v) is 5.66. The Balaban J connectivity index is 4.94. The lowest BCUT2D eigenvalue weighted by atomic mass is 9.80. The van der Waals surface area contributed by atoms with Crippen molar-refractivity contribution >= 4 is 14.2 Å². The number of hydrogen-bond donors (Lipinski definition) is 1. The molecule has 0 heterocycles. The van der Waals surface area contributed by atoms with Crippen molar-refractivity contribution in [1.82, 2.24) is 0 Å². The van der Waals surface area contributed by atoms with E-state index in [4.69, 9.17) is 14.2 Å². The molecule has 0 aliphatic carbocycles. The molecule has 0 radical (unpaired) electrons. The van der Waals surface area contributed by atoms with Gasteiger partial charge in [0.05, 0.1) is 6.61 Å². The zero-order valence-corrected chi connectivity index (χ0v) is 13.0. The van der Waals surface area contributed by atoms with E-state index in [1.54, 1.807) is 33.8 Å². The second-order valence-electron chi connectivity index (χ2n) is 5.00. The lowest BCUT2D eigenvalue weighted by Gasteiger charge is -2.32. The van der Waals surface area contributed by atoms with Gasteiger partial charge in [-0.2, -0.15) is 0 Å². The predicted octanol–water partition coefficient (Wildman–Crippen LogP) is 3.21. The Kier molecular flexibility index (Phi) is 8.07. The molecule has 1 atom stereocenters. The highest BCUT2D eigenvalue weighted by atomic mass is 31.1. The number of unbranched alkanes of at least 4 members (excludes halogenated alkanes) is 1. The Morgan fingerprint density at radius 3 is 2.26 bits per heavy atom. The first-order valence-electron chi connectivity index (χ1n) is 6.42. The van der Waals surface area contributed by atoms with Gasteiger partial charge in [0.15, 0.2) is 0 Å². The van der Waals surface area contributed by atoms with Crippen LogP contribution in [-0.4, -0.2) is 23.1 Å². The molecule has 0 aromatic carbocycles. The van der Waals surface area contributed by atoms with Crippen LogP contribution in [-0.2, 0) is 18.6 Å². The summed E-state index contributed by atoms with van der Waals surface area (Å²) in [5, 5.41) is 0. The largest absolute Gasteiger partial charge is 0.695 e. The van der Waals surface area contributed by atoms with Gasteiger partial charge in [-0.05, 0) is 24.7 Å². The SMILES string of the molecule is C=CCCCOC(=O)C(O[P+](=O)O)(C(C)C)C(C)C. The van der Waals surface area contributed by atoms with Crippen LogP contribution in [0.3, 0.4) is 0 Å². The number of allylic oxidation sites excluding steroid dienone is 1. The van der Waals surface area contributed by atoms with Gasteiger partial charge in [-0.1, -0.05) is 38.3 Å². The second kappa shape index (κ2) is 8.41. The maximum Gasteiger partial charge on any atom is 0.695 e. The van der Waals surface area contributed by atoms with Gasteiger partial charge in [0.25, 0.3) is 0 Å². The van der Waals surface area contributed by atoms with Crippen LogP contribution in [0.25, 0.3) is 0 Å². The molecule has 0 saturated carbocycles. The average molecular weight is 291 g/mol. The summed E-state index contributed by atoms with van der Waals surface area (Å²) >= 11 is 0. The van der Waals surface area contributed by atoms with E-state index in [2.05, 4.69) is 6.58 Å². The number of ether oxygens (including phenoxy) is 1. The van der Waals surface area contributed by atoms with Crippen molar-refractivity contribution in [2.45, 2.75) is 46.1 Å². The molecule has 1 unspecified atom stereocenters. The van der Waals surface area contributed by atoms with Crippen LogP contribution in [0.15, 0.2) is 12.7 Å². The van der Waals surface area contributed by atoms with Gasteiger partial charge < -0.3 is 4.74 Å². The van der Waals surface area contributed by atoms with Gasteiger partial charge >= 0.3 is 14.2 Å². The van der Waals surface area contributed by atoms with Crippen LogP contribution in [0.5, 0.6) is 0 Å². The van der Waals surface area contributed by atoms with Gasteiger partial charge in [-0.3, -0.25) is 0 Å². The fourth-order valence-corrected chi connectivity index (χ4v) is 2.78. The summed E-state index contributed by atoms with van der Waals surface area (Å²) in [6.07, 6.45) is 3.17. The van der Waals surface area contributed by atoms with Crippen molar-refractivity contribution in [2.75, 3.05) is 6.61 Å². The first kappa shape index (κ1) is 18.2. The van der Waals surface area contributed by atoms with Crippen molar-refractivity contribution in [3.8, 4) is 0 Å². The van der Waals surface area contributed by atoms with Crippen molar-refractivity contribution in [3.05, 3.63) is 12.7 Å². The molecule has 0 aromatic heterocycles. The summed E-state index contributed by atoms with van der Waals surface area (Å²) in [6.45, 7) is 10.9. The molecule has 0 saturated heterocycles. The molecule has 5 nitrogen and oxygen atoms in total. The minimum atomic E-state index is -2.87. The highest BCUT2D eigenvalue weighted by Crippen LogP contribution is 2.39. The minimum Gasteiger partial charge on any atom is -0.463 e. The van der Waals surface area contributed by atoms with Gasteiger partial charge in [0, 0.05) is 4.57 Å². The number of hydrogen-bond acceptors (Lipinski definition) is 4. The molecule has 6 heteroatoms. The van der Waals surface area contributed by atoms with Gasteiger partial charge in [-0.15, -0.1) is 11.5 Å². The monoisotopic (exact) mass is 291 g/mol. The molecule has 0 fully saturated rings. The fourth-order valence-electron chi connectivity index (χ4n) is 2.02. The zero-order chi connectivity index (χ0) is 15.1.